The largest absolute Gasteiger partial charge is 0.365 e. The lowest BCUT2D eigenvalue weighted by Gasteiger charge is -2.18. The third kappa shape index (κ3) is 3.50. The first-order valence-corrected chi connectivity index (χ1v) is 9.66. The van der Waals surface area contributed by atoms with Gasteiger partial charge in [0.2, 0.25) is 0 Å². The van der Waals surface area contributed by atoms with Gasteiger partial charge >= 0.3 is 0 Å². The van der Waals surface area contributed by atoms with Crippen LogP contribution in [0, 0.1) is 5.92 Å². The summed E-state index contributed by atoms with van der Waals surface area (Å²) >= 11 is 8.05. The number of hydrogen-bond donors (Lipinski definition) is 3. The van der Waals surface area contributed by atoms with Crippen molar-refractivity contribution in [1.82, 2.24) is 5.32 Å². The molecule has 0 radical (unpaired) electrons. The number of nitrogens with two attached hydrogens (primary N) is 1. The van der Waals surface area contributed by atoms with Gasteiger partial charge in [-0.1, -0.05) is 13.0 Å². The summed E-state index contributed by atoms with van der Waals surface area (Å²) in [4.78, 5) is 25.7. The fourth-order valence-corrected chi connectivity index (χ4v) is 5.11. The van der Waals surface area contributed by atoms with Crippen LogP contribution in [0.5, 0.6) is 0 Å². The highest BCUT2D eigenvalue weighted by Gasteiger charge is 2.27. The van der Waals surface area contributed by atoms with Gasteiger partial charge in [0.05, 0.1) is 10.4 Å². The topological polar surface area (TPSA) is 84.2 Å². The van der Waals surface area contributed by atoms with E-state index in [0.717, 1.165) is 24.8 Å². The minimum Gasteiger partial charge on any atom is -0.365 e. The summed E-state index contributed by atoms with van der Waals surface area (Å²) in [5.41, 5.74) is 7.11. The van der Waals surface area contributed by atoms with E-state index in [4.69, 9.17) is 18.0 Å². The van der Waals surface area contributed by atoms with Crippen LogP contribution in [0.1, 0.15) is 43.8 Å². The maximum atomic E-state index is 12.0. The SMILES string of the molecule is CC1CCc2c(sc(NC(=S)NC(=O)c3cccs3)c2C(N)=O)C1. The van der Waals surface area contributed by atoms with Gasteiger partial charge in [-0.3, -0.25) is 14.9 Å². The van der Waals surface area contributed by atoms with Crippen LogP contribution < -0.4 is 16.4 Å². The number of hydrogen-bond acceptors (Lipinski definition) is 5. The van der Waals surface area contributed by atoms with Gasteiger partial charge in [-0.2, -0.15) is 0 Å². The fourth-order valence-electron chi connectivity index (χ4n) is 2.81. The number of anilines is 1. The number of thiophene rings is 2. The van der Waals surface area contributed by atoms with E-state index in [1.54, 1.807) is 12.1 Å². The van der Waals surface area contributed by atoms with Crippen LogP contribution in [0.3, 0.4) is 0 Å². The first-order chi connectivity index (χ1) is 11.5. The maximum Gasteiger partial charge on any atom is 0.267 e. The molecule has 1 atom stereocenters. The second kappa shape index (κ2) is 7.00. The Morgan fingerprint density at radius 3 is 2.88 bits per heavy atom. The number of carbonyl (C=O) groups excluding carboxylic acids is 2. The normalized spacial score (nSPS) is 16.3. The Bertz CT molecular complexity index is 796. The zero-order valence-corrected chi connectivity index (χ0v) is 15.5. The predicted molar refractivity (Wildman–Crippen MR) is 102 cm³/mol. The smallest absolute Gasteiger partial charge is 0.267 e. The molecule has 3 rings (SSSR count). The van der Waals surface area contributed by atoms with Gasteiger partial charge in [0.25, 0.3) is 11.8 Å². The van der Waals surface area contributed by atoms with Crippen molar-refractivity contribution < 1.29 is 9.59 Å². The van der Waals surface area contributed by atoms with Crippen LogP contribution in [0.25, 0.3) is 0 Å². The number of rotatable bonds is 3. The Labute approximate surface area is 153 Å². The Hall–Kier alpha value is -1.77. The van der Waals surface area contributed by atoms with Crippen molar-refractivity contribution in [3.8, 4) is 0 Å². The fraction of sp³-hybridized carbons (Fsp3) is 0.312. The molecule has 126 valence electrons. The van der Waals surface area contributed by atoms with Crippen LogP contribution in [-0.2, 0) is 12.8 Å². The van der Waals surface area contributed by atoms with Crippen LogP contribution in [0.15, 0.2) is 17.5 Å². The third-order valence-corrected chi connectivity index (χ3v) is 6.20. The van der Waals surface area contributed by atoms with E-state index >= 15 is 0 Å². The first-order valence-electron chi connectivity index (χ1n) is 7.56. The number of amides is 2. The monoisotopic (exact) mass is 379 g/mol. The molecule has 2 aromatic heterocycles. The average Bonchev–Trinajstić information content (AvgIpc) is 3.13. The van der Waals surface area contributed by atoms with E-state index in [1.165, 1.54) is 27.6 Å². The van der Waals surface area contributed by atoms with Gasteiger partial charge in [-0.15, -0.1) is 22.7 Å². The van der Waals surface area contributed by atoms with Gasteiger partial charge in [-0.05, 0) is 54.4 Å². The summed E-state index contributed by atoms with van der Waals surface area (Å²) in [6.45, 7) is 2.20. The zero-order chi connectivity index (χ0) is 17.3. The number of fused-ring (bicyclic) bond motifs is 1. The standard InChI is InChI=1S/C16H17N3O2S3/c1-8-4-5-9-11(7-8)24-15(12(9)13(17)20)19-16(22)18-14(21)10-3-2-6-23-10/h2-3,6,8H,4-5,7H2,1H3,(H2,17,20)(H2,18,19,21,22). The van der Waals surface area contributed by atoms with E-state index < -0.39 is 5.91 Å². The van der Waals surface area contributed by atoms with Crippen molar-refractivity contribution in [3.63, 3.8) is 0 Å². The third-order valence-electron chi connectivity index (χ3n) is 3.96. The van der Waals surface area contributed by atoms with Gasteiger partial charge in [0.1, 0.15) is 5.00 Å². The highest BCUT2D eigenvalue weighted by Crippen LogP contribution is 2.39. The molecule has 0 spiro atoms. The molecule has 5 nitrogen and oxygen atoms in total. The van der Waals surface area contributed by atoms with Crippen molar-refractivity contribution in [1.29, 1.82) is 0 Å². The molecule has 2 heterocycles. The summed E-state index contributed by atoms with van der Waals surface area (Å²) in [6.07, 6.45) is 2.83. The molecule has 0 saturated heterocycles. The molecule has 1 aliphatic rings. The first kappa shape index (κ1) is 17.1. The minimum absolute atomic E-state index is 0.169. The summed E-state index contributed by atoms with van der Waals surface area (Å²) < 4.78 is 0. The molecule has 2 aromatic rings. The predicted octanol–water partition coefficient (Wildman–Crippen LogP) is 3.16. The highest BCUT2D eigenvalue weighted by atomic mass is 32.1. The molecule has 8 heteroatoms. The van der Waals surface area contributed by atoms with Crippen molar-refractivity contribution in [2.45, 2.75) is 26.2 Å². The molecular formula is C16H17N3O2S3. The molecule has 24 heavy (non-hydrogen) atoms. The Morgan fingerprint density at radius 1 is 1.42 bits per heavy atom. The zero-order valence-electron chi connectivity index (χ0n) is 13.0. The second-order valence-corrected chi connectivity index (χ2v) is 8.27. The van der Waals surface area contributed by atoms with E-state index in [9.17, 15) is 9.59 Å². The molecule has 4 N–H and O–H groups in total. The van der Waals surface area contributed by atoms with Crippen molar-refractivity contribution in [2.24, 2.45) is 11.7 Å². The van der Waals surface area contributed by atoms with Crippen LogP contribution in [0.4, 0.5) is 5.00 Å². The quantitative estimate of drug-likeness (QED) is 0.715. The molecule has 0 aromatic carbocycles. The lowest BCUT2D eigenvalue weighted by atomic mass is 9.88. The lowest BCUT2D eigenvalue weighted by Crippen LogP contribution is -2.34. The van der Waals surface area contributed by atoms with E-state index in [1.807, 2.05) is 5.38 Å². The Morgan fingerprint density at radius 2 is 2.21 bits per heavy atom. The summed E-state index contributed by atoms with van der Waals surface area (Å²) in [5, 5.41) is 8.23. The van der Waals surface area contributed by atoms with Crippen LogP contribution in [-0.4, -0.2) is 16.9 Å². The molecule has 2 amide bonds. The molecule has 1 aliphatic carbocycles. The van der Waals surface area contributed by atoms with E-state index in [-0.39, 0.29) is 11.0 Å². The van der Waals surface area contributed by atoms with Crippen LogP contribution >= 0.6 is 34.9 Å². The Kier molecular flexibility index (Phi) is 4.98. The second-order valence-electron chi connectivity index (χ2n) is 5.81. The summed E-state index contributed by atoms with van der Waals surface area (Å²) in [5.74, 6) is -0.134. The molecular weight excluding hydrogens is 362 g/mol. The maximum absolute atomic E-state index is 12.0. The molecule has 1 unspecified atom stereocenters. The van der Waals surface area contributed by atoms with Gasteiger partial charge in [0, 0.05) is 4.88 Å². The van der Waals surface area contributed by atoms with Crippen molar-refractivity contribution in [2.75, 3.05) is 5.32 Å². The minimum atomic E-state index is -0.461. The number of primary amides is 1. The number of thiocarbonyl (C=S) groups is 1. The van der Waals surface area contributed by atoms with Gasteiger partial charge in [-0.25, -0.2) is 0 Å². The lowest BCUT2D eigenvalue weighted by molar-refractivity contribution is 0.0979. The van der Waals surface area contributed by atoms with E-state index in [2.05, 4.69) is 17.6 Å². The van der Waals surface area contributed by atoms with Crippen molar-refractivity contribution >= 4 is 56.8 Å². The van der Waals surface area contributed by atoms with Crippen molar-refractivity contribution in [3.05, 3.63) is 38.4 Å². The molecule has 0 fully saturated rings. The number of nitrogens with one attached hydrogen (secondary N) is 2. The van der Waals surface area contributed by atoms with Crippen LogP contribution in [0.2, 0.25) is 0 Å². The molecule has 0 bridgehead atoms. The molecule has 0 aliphatic heterocycles. The Balaban J connectivity index is 1.78. The molecule has 0 saturated carbocycles. The summed E-state index contributed by atoms with van der Waals surface area (Å²) in [6, 6.07) is 3.53. The van der Waals surface area contributed by atoms with Gasteiger partial charge in [0.15, 0.2) is 5.11 Å². The highest BCUT2D eigenvalue weighted by molar-refractivity contribution is 7.80. The number of carbonyl (C=O) groups is 2. The summed E-state index contributed by atoms with van der Waals surface area (Å²) in [7, 11) is 0. The average molecular weight is 380 g/mol. The van der Waals surface area contributed by atoms with Gasteiger partial charge < -0.3 is 11.1 Å². The van der Waals surface area contributed by atoms with E-state index in [0.29, 0.717) is 21.4 Å².